The zero-order valence-corrected chi connectivity index (χ0v) is 15.6. The second-order valence-electron chi connectivity index (χ2n) is 6.56. The number of nitrogens with zero attached hydrogens (tertiary/aromatic N) is 3. The lowest BCUT2D eigenvalue weighted by atomic mass is 10.0. The van der Waals surface area contributed by atoms with Crippen LogP contribution in [-0.2, 0) is 6.54 Å². The van der Waals surface area contributed by atoms with Crippen LogP contribution in [0.1, 0.15) is 16.1 Å². The number of carbonyl (C=O) groups is 1. The number of hydrogen-bond donors (Lipinski definition) is 0. The van der Waals surface area contributed by atoms with Crippen molar-refractivity contribution < 1.29 is 27.4 Å². The third-order valence-corrected chi connectivity index (χ3v) is 4.51. The predicted molar refractivity (Wildman–Crippen MR) is 101 cm³/mol. The van der Waals surface area contributed by atoms with E-state index in [1.54, 1.807) is 41.7 Å². The van der Waals surface area contributed by atoms with Crippen LogP contribution >= 0.6 is 0 Å². The quantitative estimate of drug-likeness (QED) is 0.643. The fourth-order valence-electron chi connectivity index (χ4n) is 3.15. The van der Waals surface area contributed by atoms with Crippen LogP contribution in [-0.4, -0.2) is 40.3 Å². The minimum atomic E-state index is -4.75. The summed E-state index contributed by atoms with van der Waals surface area (Å²) >= 11 is 0. The summed E-state index contributed by atoms with van der Waals surface area (Å²) in [6.45, 7) is 1.02. The summed E-state index contributed by atoms with van der Waals surface area (Å²) in [7, 11) is 0. The van der Waals surface area contributed by atoms with Gasteiger partial charge in [-0.2, -0.15) is 0 Å². The molecule has 0 saturated carbocycles. The van der Waals surface area contributed by atoms with Gasteiger partial charge in [-0.25, -0.2) is 0 Å². The Morgan fingerprint density at radius 3 is 2.53 bits per heavy atom. The zero-order chi connectivity index (χ0) is 21.1. The van der Waals surface area contributed by atoms with E-state index in [4.69, 9.17) is 4.74 Å². The molecule has 0 atom stereocenters. The summed E-state index contributed by atoms with van der Waals surface area (Å²) in [5, 5.41) is 0. The first-order chi connectivity index (χ1) is 14.4. The van der Waals surface area contributed by atoms with Gasteiger partial charge in [0.2, 0.25) is 0 Å². The van der Waals surface area contributed by atoms with Gasteiger partial charge in [0.1, 0.15) is 18.1 Å². The molecule has 1 aliphatic rings. The monoisotopic (exact) mass is 415 g/mol. The molecule has 1 amide bonds. The second-order valence-corrected chi connectivity index (χ2v) is 6.56. The molecule has 0 N–H and O–H groups in total. The third kappa shape index (κ3) is 4.51. The van der Waals surface area contributed by atoms with Crippen molar-refractivity contribution >= 4 is 5.91 Å². The molecule has 9 heteroatoms. The lowest BCUT2D eigenvalue weighted by molar-refractivity contribution is -0.274. The van der Waals surface area contributed by atoms with Crippen molar-refractivity contribution in [2.24, 2.45) is 0 Å². The van der Waals surface area contributed by atoms with Crippen LogP contribution in [0.4, 0.5) is 13.2 Å². The van der Waals surface area contributed by atoms with Gasteiger partial charge in [0.15, 0.2) is 0 Å². The summed E-state index contributed by atoms with van der Waals surface area (Å²) < 4.78 is 46.6. The average molecular weight is 415 g/mol. The summed E-state index contributed by atoms with van der Waals surface area (Å²) in [6, 6.07) is 10.6. The van der Waals surface area contributed by atoms with Gasteiger partial charge in [-0.05, 0) is 35.4 Å². The van der Waals surface area contributed by atoms with Crippen molar-refractivity contribution in [3.05, 3.63) is 72.3 Å². The number of ether oxygens (including phenoxy) is 2. The Kier molecular flexibility index (Phi) is 5.26. The molecule has 154 valence electrons. The number of benzene rings is 2. The standard InChI is InChI=1S/C21H16F3N3O3/c22-21(23,24)30-17-4-1-14(2-5-17)15-3-6-19-18(11-15)20(28)27(9-10-29-19)13-16-12-25-7-8-26-16/h1-8,11-12H,9-10,13H2. The number of fused-ring (bicyclic) bond motifs is 1. The van der Waals surface area contributed by atoms with E-state index in [1.165, 1.54) is 24.3 Å². The number of amides is 1. The molecule has 0 bridgehead atoms. The maximum absolute atomic E-state index is 13.1. The Balaban J connectivity index is 1.59. The molecule has 0 aliphatic carbocycles. The average Bonchev–Trinajstić information content (AvgIpc) is 2.87. The number of rotatable bonds is 4. The zero-order valence-electron chi connectivity index (χ0n) is 15.6. The van der Waals surface area contributed by atoms with Gasteiger partial charge in [0, 0.05) is 12.4 Å². The van der Waals surface area contributed by atoms with Crippen molar-refractivity contribution in [1.82, 2.24) is 14.9 Å². The Labute approximate surface area is 169 Å². The van der Waals surface area contributed by atoms with Crippen LogP contribution in [0, 0.1) is 0 Å². The molecule has 4 rings (SSSR count). The predicted octanol–water partition coefficient (Wildman–Crippen LogP) is 4.08. The van der Waals surface area contributed by atoms with Crippen molar-refractivity contribution in [2.75, 3.05) is 13.2 Å². The van der Waals surface area contributed by atoms with E-state index in [2.05, 4.69) is 14.7 Å². The molecule has 2 heterocycles. The first-order valence-corrected chi connectivity index (χ1v) is 9.06. The lowest BCUT2D eigenvalue weighted by Crippen LogP contribution is -2.32. The van der Waals surface area contributed by atoms with Gasteiger partial charge in [-0.15, -0.1) is 13.2 Å². The molecule has 30 heavy (non-hydrogen) atoms. The van der Waals surface area contributed by atoms with E-state index in [0.29, 0.717) is 47.8 Å². The van der Waals surface area contributed by atoms with Gasteiger partial charge < -0.3 is 14.4 Å². The van der Waals surface area contributed by atoms with Crippen LogP contribution in [0.15, 0.2) is 61.1 Å². The molecule has 3 aromatic rings. The van der Waals surface area contributed by atoms with E-state index >= 15 is 0 Å². The van der Waals surface area contributed by atoms with E-state index in [1.807, 2.05) is 0 Å². The minimum Gasteiger partial charge on any atom is -0.491 e. The molecular weight excluding hydrogens is 399 g/mol. The van der Waals surface area contributed by atoms with Gasteiger partial charge in [-0.1, -0.05) is 18.2 Å². The highest BCUT2D eigenvalue weighted by atomic mass is 19.4. The molecule has 0 radical (unpaired) electrons. The molecule has 2 aromatic carbocycles. The fourth-order valence-corrected chi connectivity index (χ4v) is 3.15. The molecule has 1 aliphatic heterocycles. The number of hydrogen-bond acceptors (Lipinski definition) is 5. The highest BCUT2D eigenvalue weighted by Gasteiger charge is 2.31. The largest absolute Gasteiger partial charge is 0.573 e. The van der Waals surface area contributed by atoms with Crippen LogP contribution in [0.25, 0.3) is 11.1 Å². The second kappa shape index (κ2) is 8.02. The smallest absolute Gasteiger partial charge is 0.491 e. The van der Waals surface area contributed by atoms with Gasteiger partial charge in [0.25, 0.3) is 5.91 Å². The molecule has 0 fully saturated rings. The van der Waals surface area contributed by atoms with Gasteiger partial charge >= 0.3 is 6.36 Å². The number of alkyl halides is 3. The molecular formula is C21H16F3N3O3. The fraction of sp³-hybridized carbons (Fsp3) is 0.190. The molecule has 0 spiro atoms. The van der Waals surface area contributed by atoms with Gasteiger partial charge in [-0.3, -0.25) is 14.8 Å². The Hall–Kier alpha value is -3.62. The van der Waals surface area contributed by atoms with Crippen molar-refractivity contribution in [1.29, 1.82) is 0 Å². The summed E-state index contributed by atoms with van der Waals surface area (Å²) in [4.78, 5) is 22.9. The van der Waals surface area contributed by atoms with E-state index in [0.717, 1.165) is 0 Å². The highest BCUT2D eigenvalue weighted by molar-refractivity contribution is 5.98. The topological polar surface area (TPSA) is 64.6 Å². The third-order valence-electron chi connectivity index (χ3n) is 4.51. The van der Waals surface area contributed by atoms with Crippen LogP contribution < -0.4 is 9.47 Å². The van der Waals surface area contributed by atoms with Crippen LogP contribution in [0.5, 0.6) is 11.5 Å². The van der Waals surface area contributed by atoms with E-state index in [-0.39, 0.29) is 11.7 Å². The summed E-state index contributed by atoms with van der Waals surface area (Å²) in [5.41, 5.74) is 2.35. The highest BCUT2D eigenvalue weighted by Crippen LogP contribution is 2.31. The first-order valence-electron chi connectivity index (χ1n) is 9.06. The van der Waals surface area contributed by atoms with Gasteiger partial charge in [0.05, 0.1) is 30.5 Å². The maximum Gasteiger partial charge on any atom is 0.573 e. The van der Waals surface area contributed by atoms with E-state index < -0.39 is 6.36 Å². The van der Waals surface area contributed by atoms with Crippen LogP contribution in [0.3, 0.4) is 0 Å². The Morgan fingerprint density at radius 1 is 1.07 bits per heavy atom. The van der Waals surface area contributed by atoms with E-state index in [9.17, 15) is 18.0 Å². The molecule has 0 saturated heterocycles. The Morgan fingerprint density at radius 2 is 1.83 bits per heavy atom. The number of carbonyl (C=O) groups excluding carboxylic acids is 1. The number of halogens is 3. The normalized spacial score (nSPS) is 14.0. The number of aromatic nitrogens is 2. The molecule has 0 unspecified atom stereocenters. The van der Waals surface area contributed by atoms with Crippen molar-refractivity contribution in [2.45, 2.75) is 12.9 Å². The first kappa shape index (κ1) is 19.7. The van der Waals surface area contributed by atoms with Crippen LogP contribution in [0.2, 0.25) is 0 Å². The summed E-state index contributed by atoms with van der Waals surface area (Å²) in [6.07, 6.45) is -0.0291. The maximum atomic E-state index is 13.1. The Bertz CT molecular complexity index is 1040. The lowest BCUT2D eigenvalue weighted by Gasteiger charge is -2.19. The molecule has 1 aromatic heterocycles. The van der Waals surface area contributed by atoms with Crippen molar-refractivity contribution in [3.63, 3.8) is 0 Å². The minimum absolute atomic E-state index is 0.216. The summed E-state index contributed by atoms with van der Waals surface area (Å²) in [5.74, 6) is -0.0648. The molecule has 6 nitrogen and oxygen atoms in total. The van der Waals surface area contributed by atoms with Crippen molar-refractivity contribution in [3.8, 4) is 22.6 Å². The SMILES string of the molecule is O=C1c2cc(-c3ccc(OC(F)(F)F)cc3)ccc2OCCN1Cc1cnccn1.